The van der Waals surface area contributed by atoms with Crippen LogP contribution in [0.4, 0.5) is 0 Å². The predicted molar refractivity (Wildman–Crippen MR) is 72.3 cm³/mol. The second-order valence-electron chi connectivity index (χ2n) is 4.31. The first-order chi connectivity index (χ1) is 8.34. The monoisotopic (exact) mass is 260 g/mol. The summed E-state index contributed by atoms with van der Waals surface area (Å²) in [5.74, 6) is 2.25. The lowest BCUT2D eigenvalue weighted by molar-refractivity contribution is -0.131. The molecule has 2 N–H and O–H groups in total. The number of aliphatic hydroxyl groups is 1. The maximum Gasteiger partial charge on any atom is 0.236 e. The molecule has 100 valence electrons. The second-order valence-corrected chi connectivity index (χ2v) is 5.53. The van der Waals surface area contributed by atoms with Crippen molar-refractivity contribution in [2.75, 3.05) is 44.3 Å². The summed E-state index contributed by atoms with van der Waals surface area (Å²) in [5.41, 5.74) is 0. The average molecular weight is 260 g/mol. The van der Waals surface area contributed by atoms with Crippen LogP contribution in [-0.2, 0) is 4.79 Å². The largest absolute Gasteiger partial charge is 0.396 e. The van der Waals surface area contributed by atoms with Gasteiger partial charge in [0.2, 0.25) is 5.91 Å². The Morgan fingerprint density at radius 3 is 2.71 bits per heavy atom. The van der Waals surface area contributed by atoms with Crippen LogP contribution in [0.2, 0.25) is 0 Å². The van der Waals surface area contributed by atoms with Gasteiger partial charge in [0.05, 0.1) is 6.54 Å². The molecular weight excluding hydrogens is 236 g/mol. The molecule has 1 rings (SSSR count). The Labute approximate surface area is 108 Å². The van der Waals surface area contributed by atoms with E-state index in [0.29, 0.717) is 6.54 Å². The Balaban J connectivity index is 1.92. The van der Waals surface area contributed by atoms with Crippen molar-refractivity contribution in [3.63, 3.8) is 0 Å². The van der Waals surface area contributed by atoms with Gasteiger partial charge in [0.25, 0.3) is 0 Å². The van der Waals surface area contributed by atoms with Crippen LogP contribution in [0.25, 0.3) is 0 Å². The smallest absolute Gasteiger partial charge is 0.236 e. The first-order valence-corrected chi connectivity index (χ1v) is 7.67. The maximum atomic E-state index is 11.8. The summed E-state index contributed by atoms with van der Waals surface area (Å²) in [5, 5.41) is 11.8. The number of hydrogen-bond donors (Lipinski definition) is 2. The van der Waals surface area contributed by atoms with Crippen molar-refractivity contribution in [1.29, 1.82) is 0 Å². The molecule has 0 aromatic heterocycles. The van der Waals surface area contributed by atoms with Crippen molar-refractivity contribution in [3.8, 4) is 0 Å². The standard InChI is InChI=1S/C12H24N2O2S/c15-8-4-9-17-10-5-13-11-12(16)14-6-2-1-3-7-14/h13,15H,1-11H2. The van der Waals surface area contributed by atoms with Crippen molar-refractivity contribution in [2.45, 2.75) is 25.7 Å². The van der Waals surface area contributed by atoms with Gasteiger partial charge < -0.3 is 15.3 Å². The van der Waals surface area contributed by atoms with Gasteiger partial charge in [-0.25, -0.2) is 0 Å². The number of nitrogens with one attached hydrogen (secondary N) is 1. The number of piperidine rings is 1. The molecule has 1 heterocycles. The van der Waals surface area contributed by atoms with E-state index in [9.17, 15) is 4.79 Å². The summed E-state index contributed by atoms with van der Waals surface area (Å²) >= 11 is 1.82. The summed E-state index contributed by atoms with van der Waals surface area (Å²) < 4.78 is 0. The Morgan fingerprint density at radius 2 is 2.00 bits per heavy atom. The molecule has 1 aliphatic heterocycles. The molecule has 0 bridgehead atoms. The van der Waals surface area contributed by atoms with Crippen molar-refractivity contribution < 1.29 is 9.90 Å². The molecule has 0 saturated carbocycles. The SMILES string of the molecule is O=C(CNCCSCCCO)N1CCCCC1. The normalized spacial score (nSPS) is 16.2. The van der Waals surface area contributed by atoms with Gasteiger partial charge in [-0.1, -0.05) is 0 Å². The van der Waals surface area contributed by atoms with Gasteiger partial charge in [-0.05, 0) is 31.4 Å². The summed E-state index contributed by atoms with van der Waals surface area (Å²) in [4.78, 5) is 13.7. The van der Waals surface area contributed by atoms with Crippen LogP contribution in [0.3, 0.4) is 0 Å². The van der Waals surface area contributed by atoms with E-state index in [1.807, 2.05) is 16.7 Å². The predicted octanol–water partition coefficient (Wildman–Crippen LogP) is 0.704. The van der Waals surface area contributed by atoms with Gasteiger partial charge in [-0.3, -0.25) is 4.79 Å². The van der Waals surface area contributed by atoms with E-state index >= 15 is 0 Å². The third kappa shape index (κ3) is 6.91. The average Bonchev–Trinajstić information content (AvgIpc) is 2.38. The molecule has 0 aromatic rings. The van der Waals surface area contributed by atoms with E-state index in [2.05, 4.69) is 5.32 Å². The Kier molecular flexibility index (Phi) is 8.48. The quantitative estimate of drug-likeness (QED) is 0.631. The topological polar surface area (TPSA) is 52.6 Å². The third-order valence-electron chi connectivity index (χ3n) is 2.85. The number of nitrogens with zero attached hydrogens (tertiary/aromatic N) is 1. The molecule has 0 spiro atoms. The van der Waals surface area contributed by atoms with Crippen LogP contribution < -0.4 is 5.32 Å². The van der Waals surface area contributed by atoms with Gasteiger partial charge in [0.15, 0.2) is 0 Å². The Hall–Kier alpha value is -0.260. The highest BCUT2D eigenvalue weighted by atomic mass is 32.2. The number of thioether (sulfide) groups is 1. The highest BCUT2D eigenvalue weighted by Gasteiger charge is 2.15. The molecule has 4 nitrogen and oxygen atoms in total. The zero-order valence-electron chi connectivity index (χ0n) is 10.5. The fourth-order valence-corrected chi connectivity index (χ4v) is 2.69. The van der Waals surface area contributed by atoms with Gasteiger partial charge >= 0.3 is 0 Å². The first kappa shape index (κ1) is 14.8. The maximum absolute atomic E-state index is 11.8. The number of carbonyl (C=O) groups excluding carboxylic acids is 1. The minimum Gasteiger partial charge on any atom is -0.396 e. The van der Waals surface area contributed by atoms with Crippen LogP contribution in [0.5, 0.6) is 0 Å². The summed E-state index contributed by atoms with van der Waals surface area (Å²) in [7, 11) is 0. The van der Waals surface area contributed by atoms with Crippen LogP contribution in [0, 0.1) is 0 Å². The molecule has 1 amide bonds. The van der Waals surface area contributed by atoms with Crippen molar-refractivity contribution >= 4 is 17.7 Å². The third-order valence-corrected chi connectivity index (χ3v) is 3.93. The fraction of sp³-hybridized carbons (Fsp3) is 0.917. The molecule has 1 saturated heterocycles. The van der Waals surface area contributed by atoms with Crippen molar-refractivity contribution in [2.24, 2.45) is 0 Å². The van der Waals surface area contributed by atoms with E-state index in [0.717, 1.165) is 50.4 Å². The molecule has 0 unspecified atom stereocenters. The van der Waals surface area contributed by atoms with E-state index in [1.165, 1.54) is 6.42 Å². The highest BCUT2D eigenvalue weighted by Crippen LogP contribution is 2.08. The lowest BCUT2D eigenvalue weighted by Crippen LogP contribution is -2.41. The molecule has 0 aliphatic carbocycles. The summed E-state index contributed by atoms with van der Waals surface area (Å²) in [6.07, 6.45) is 4.43. The molecule has 17 heavy (non-hydrogen) atoms. The minimum absolute atomic E-state index is 0.241. The van der Waals surface area contributed by atoms with E-state index in [1.54, 1.807) is 0 Å². The summed E-state index contributed by atoms with van der Waals surface area (Å²) in [6.45, 7) is 3.49. The number of rotatable bonds is 8. The molecule has 0 radical (unpaired) electrons. The van der Waals surface area contributed by atoms with Crippen molar-refractivity contribution in [1.82, 2.24) is 10.2 Å². The van der Waals surface area contributed by atoms with Crippen LogP contribution in [-0.4, -0.2) is 60.2 Å². The van der Waals surface area contributed by atoms with Crippen molar-refractivity contribution in [3.05, 3.63) is 0 Å². The first-order valence-electron chi connectivity index (χ1n) is 6.51. The van der Waals surface area contributed by atoms with Crippen LogP contribution in [0.1, 0.15) is 25.7 Å². The van der Waals surface area contributed by atoms with Gasteiger partial charge in [0, 0.05) is 32.0 Å². The molecule has 0 aromatic carbocycles. The number of aliphatic hydroxyl groups excluding tert-OH is 1. The van der Waals surface area contributed by atoms with Crippen LogP contribution in [0.15, 0.2) is 0 Å². The minimum atomic E-state index is 0.241. The molecular formula is C12H24N2O2S. The Morgan fingerprint density at radius 1 is 1.24 bits per heavy atom. The zero-order valence-corrected chi connectivity index (χ0v) is 11.3. The van der Waals surface area contributed by atoms with E-state index in [4.69, 9.17) is 5.11 Å². The number of carbonyl (C=O) groups is 1. The number of amides is 1. The summed E-state index contributed by atoms with van der Waals surface area (Å²) in [6, 6.07) is 0. The van der Waals surface area contributed by atoms with E-state index in [-0.39, 0.29) is 12.5 Å². The molecule has 0 atom stereocenters. The number of likely N-dealkylation sites (tertiary alicyclic amines) is 1. The van der Waals surface area contributed by atoms with Gasteiger partial charge in [0.1, 0.15) is 0 Å². The fourth-order valence-electron chi connectivity index (χ4n) is 1.86. The zero-order chi connectivity index (χ0) is 12.3. The van der Waals surface area contributed by atoms with Crippen LogP contribution >= 0.6 is 11.8 Å². The highest BCUT2D eigenvalue weighted by molar-refractivity contribution is 7.99. The molecule has 5 heteroatoms. The van der Waals surface area contributed by atoms with Gasteiger partial charge in [-0.2, -0.15) is 11.8 Å². The lowest BCUT2D eigenvalue weighted by Gasteiger charge is -2.26. The Bertz CT molecular complexity index is 209. The molecule has 1 aliphatic rings. The second kappa shape index (κ2) is 9.74. The lowest BCUT2D eigenvalue weighted by atomic mass is 10.1. The number of hydrogen-bond acceptors (Lipinski definition) is 4. The molecule has 1 fully saturated rings. The van der Waals surface area contributed by atoms with E-state index < -0.39 is 0 Å². The van der Waals surface area contributed by atoms with Gasteiger partial charge in [-0.15, -0.1) is 0 Å².